The maximum atomic E-state index is 12.2. The van der Waals surface area contributed by atoms with Crippen LogP contribution in [-0.2, 0) is 33.4 Å². The third kappa shape index (κ3) is 7.69. The normalized spacial score (nSPS) is 10.4. The largest absolute Gasteiger partial charge is 0.462 e. The van der Waals surface area contributed by atoms with Crippen LogP contribution in [0.3, 0.4) is 0 Å². The first-order chi connectivity index (χ1) is 13.4. The van der Waals surface area contributed by atoms with Gasteiger partial charge in [-0.2, -0.15) is 0 Å². The fourth-order valence-electron chi connectivity index (χ4n) is 1.82. The lowest BCUT2D eigenvalue weighted by atomic mass is 10.1. The Bertz CT molecular complexity index is 791. The molecule has 0 radical (unpaired) electrons. The molecule has 0 aromatic heterocycles. The Morgan fingerprint density at radius 1 is 0.929 bits per heavy atom. The van der Waals surface area contributed by atoms with E-state index >= 15 is 0 Å². The van der Waals surface area contributed by atoms with Gasteiger partial charge in [0.15, 0.2) is 0 Å². The number of carbonyl (C=O) groups excluding carboxylic acids is 4. The van der Waals surface area contributed by atoms with Gasteiger partial charge in [-0.05, 0) is 30.7 Å². The molecule has 0 bridgehead atoms. The van der Waals surface area contributed by atoms with Crippen molar-refractivity contribution < 1.29 is 38.1 Å². The first kappa shape index (κ1) is 22.4. The molecule has 0 aliphatic rings. The number of hydrogen-bond acceptors (Lipinski definition) is 8. The molecule has 28 heavy (non-hydrogen) atoms. The van der Waals surface area contributed by atoms with Crippen molar-refractivity contribution in [1.29, 1.82) is 0 Å². The number of benzene rings is 1. The van der Waals surface area contributed by atoms with Gasteiger partial charge in [-0.15, -0.1) is 0 Å². The van der Waals surface area contributed by atoms with Crippen LogP contribution in [0.25, 0.3) is 6.08 Å². The number of rotatable bonds is 10. The van der Waals surface area contributed by atoms with Crippen molar-refractivity contribution >= 4 is 30.0 Å². The van der Waals surface area contributed by atoms with Crippen LogP contribution in [0, 0.1) is 0 Å². The van der Waals surface area contributed by atoms with E-state index in [4.69, 9.17) is 14.2 Å². The molecule has 0 atom stereocenters. The fourth-order valence-corrected chi connectivity index (χ4v) is 1.82. The maximum Gasteiger partial charge on any atom is 0.345 e. The van der Waals surface area contributed by atoms with Crippen molar-refractivity contribution in [2.75, 3.05) is 19.8 Å². The van der Waals surface area contributed by atoms with Crippen LogP contribution < -0.4 is 4.74 Å². The zero-order chi connectivity index (χ0) is 20.9. The van der Waals surface area contributed by atoms with Crippen molar-refractivity contribution in [3.8, 4) is 5.75 Å². The van der Waals surface area contributed by atoms with Crippen LogP contribution in [0.15, 0.2) is 55.1 Å². The number of carbonyl (C=O) groups is 4. The van der Waals surface area contributed by atoms with Crippen molar-refractivity contribution in [2.24, 2.45) is 0 Å². The predicted octanol–water partition coefficient (Wildman–Crippen LogP) is 2.00. The molecule has 0 aliphatic carbocycles. The van der Waals surface area contributed by atoms with Crippen molar-refractivity contribution in [2.45, 2.75) is 6.92 Å². The molecule has 0 heterocycles. The molecular weight excluding hydrogens is 368 g/mol. The molecule has 0 spiro atoms. The first-order valence-electron chi connectivity index (χ1n) is 8.20. The summed E-state index contributed by atoms with van der Waals surface area (Å²) in [5, 5.41) is 0. The Balaban J connectivity index is 2.95. The SMILES string of the molecule is C=CC(=O)OCCOC(=O)/C(=C/c1cccc(OC(=O)C=C)c1)C(=O)OCC. The lowest BCUT2D eigenvalue weighted by Crippen LogP contribution is -2.20. The number of hydrogen-bond donors (Lipinski definition) is 0. The van der Waals surface area contributed by atoms with Gasteiger partial charge >= 0.3 is 23.9 Å². The molecule has 1 aromatic rings. The summed E-state index contributed by atoms with van der Waals surface area (Å²) in [6, 6.07) is 6.12. The molecule has 0 saturated heterocycles. The molecule has 8 nitrogen and oxygen atoms in total. The van der Waals surface area contributed by atoms with Gasteiger partial charge in [0.2, 0.25) is 0 Å². The number of esters is 4. The molecule has 1 rings (SSSR count). The Morgan fingerprint density at radius 3 is 2.21 bits per heavy atom. The highest BCUT2D eigenvalue weighted by Crippen LogP contribution is 2.17. The molecule has 0 saturated carbocycles. The smallest absolute Gasteiger partial charge is 0.345 e. The summed E-state index contributed by atoms with van der Waals surface area (Å²) < 4.78 is 19.5. The molecule has 1 aromatic carbocycles. The maximum absolute atomic E-state index is 12.2. The van der Waals surface area contributed by atoms with E-state index in [0.29, 0.717) is 5.56 Å². The Hall–Kier alpha value is -3.68. The Labute approximate surface area is 162 Å². The lowest BCUT2D eigenvalue weighted by Gasteiger charge is -2.09. The van der Waals surface area contributed by atoms with Gasteiger partial charge in [0.05, 0.1) is 6.61 Å². The Kier molecular flexibility index (Phi) is 9.46. The summed E-state index contributed by atoms with van der Waals surface area (Å²) in [7, 11) is 0. The van der Waals surface area contributed by atoms with Crippen LogP contribution in [0.4, 0.5) is 0 Å². The van der Waals surface area contributed by atoms with Gasteiger partial charge in [-0.1, -0.05) is 25.3 Å². The van der Waals surface area contributed by atoms with E-state index in [1.54, 1.807) is 19.1 Å². The van der Waals surface area contributed by atoms with Crippen LogP contribution in [0.2, 0.25) is 0 Å². The minimum absolute atomic E-state index is 0.0530. The van der Waals surface area contributed by atoms with Gasteiger partial charge in [0.1, 0.15) is 24.5 Å². The topological polar surface area (TPSA) is 105 Å². The van der Waals surface area contributed by atoms with E-state index in [-0.39, 0.29) is 31.1 Å². The predicted molar refractivity (Wildman–Crippen MR) is 99.0 cm³/mol. The highest BCUT2D eigenvalue weighted by Gasteiger charge is 2.21. The fraction of sp³-hybridized carbons (Fsp3) is 0.200. The van der Waals surface area contributed by atoms with Crippen LogP contribution in [-0.4, -0.2) is 43.7 Å². The van der Waals surface area contributed by atoms with Gasteiger partial charge in [-0.3, -0.25) is 0 Å². The van der Waals surface area contributed by atoms with E-state index in [2.05, 4.69) is 17.9 Å². The average molecular weight is 388 g/mol. The van der Waals surface area contributed by atoms with E-state index in [0.717, 1.165) is 12.2 Å². The zero-order valence-corrected chi connectivity index (χ0v) is 15.3. The zero-order valence-electron chi connectivity index (χ0n) is 15.3. The van der Waals surface area contributed by atoms with Crippen LogP contribution in [0.1, 0.15) is 12.5 Å². The standard InChI is InChI=1S/C20H20O8/c1-4-17(21)26-10-11-27-20(24)16(19(23)25-6-3)13-14-8-7-9-15(12-14)28-18(22)5-2/h4-5,7-9,12-13H,1-2,6,10-11H2,3H3/b16-13+. The molecule has 0 aliphatic heterocycles. The summed E-state index contributed by atoms with van der Waals surface area (Å²) >= 11 is 0. The van der Waals surface area contributed by atoms with Crippen molar-refractivity contribution in [3.63, 3.8) is 0 Å². The summed E-state index contributed by atoms with van der Waals surface area (Å²) in [5.74, 6) is -2.96. The highest BCUT2D eigenvalue weighted by atomic mass is 16.6. The van der Waals surface area contributed by atoms with E-state index in [1.807, 2.05) is 0 Å². The second kappa shape index (κ2) is 11.8. The molecule has 0 fully saturated rings. The van der Waals surface area contributed by atoms with E-state index < -0.39 is 23.9 Å². The number of ether oxygens (including phenoxy) is 4. The second-order valence-electron chi connectivity index (χ2n) is 4.98. The van der Waals surface area contributed by atoms with E-state index in [1.165, 1.54) is 18.2 Å². The second-order valence-corrected chi connectivity index (χ2v) is 4.98. The quantitative estimate of drug-likeness (QED) is 0.114. The molecule has 8 heteroatoms. The van der Waals surface area contributed by atoms with Crippen molar-refractivity contribution in [1.82, 2.24) is 0 Å². The summed E-state index contributed by atoms with van der Waals surface area (Å²) in [5.41, 5.74) is 0.0246. The molecular formula is C20H20O8. The van der Waals surface area contributed by atoms with Crippen molar-refractivity contribution in [3.05, 3.63) is 60.7 Å². The molecule has 0 unspecified atom stereocenters. The molecule has 0 N–H and O–H groups in total. The summed E-state index contributed by atoms with van der Waals surface area (Å²) in [6.07, 6.45) is 3.21. The Morgan fingerprint density at radius 2 is 1.57 bits per heavy atom. The van der Waals surface area contributed by atoms with Gasteiger partial charge in [0.25, 0.3) is 0 Å². The highest BCUT2D eigenvalue weighted by molar-refractivity contribution is 6.17. The van der Waals surface area contributed by atoms with Gasteiger partial charge < -0.3 is 18.9 Å². The molecule has 0 amide bonds. The van der Waals surface area contributed by atoms with Crippen LogP contribution >= 0.6 is 0 Å². The minimum atomic E-state index is -0.957. The van der Waals surface area contributed by atoms with Gasteiger partial charge in [0, 0.05) is 12.2 Å². The van der Waals surface area contributed by atoms with Gasteiger partial charge in [-0.25, -0.2) is 19.2 Å². The monoisotopic (exact) mass is 388 g/mol. The average Bonchev–Trinajstić information content (AvgIpc) is 2.69. The first-order valence-corrected chi connectivity index (χ1v) is 8.20. The molecule has 148 valence electrons. The summed E-state index contributed by atoms with van der Waals surface area (Å²) in [6.45, 7) is 7.72. The summed E-state index contributed by atoms with van der Waals surface area (Å²) in [4.78, 5) is 46.6. The minimum Gasteiger partial charge on any atom is -0.462 e. The third-order valence-corrected chi connectivity index (χ3v) is 3.00. The lowest BCUT2D eigenvalue weighted by molar-refractivity contribution is -0.150. The third-order valence-electron chi connectivity index (χ3n) is 3.00. The van der Waals surface area contributed by atoms with E-state index in [9.17, 15) is 19.2 Å². The van der Waals surface area contributed by atoms with Crippen LogP contribution in [0.5, 0.6) is 5.75 Å².